The fourth-order valence-corrected chi connectivity index (χ4v) is 3.03. The molecule has 1 unspecified atom stereocenters. The molecule has 2 aromatic carbocycles. The molecule has 5 heteroatoms. The van der Waals surface area contributed by atoms with Gasteiger partial charge in [-0.2, -0.15) is 5.10 Å². The van der Waals surface area contributed by atoms with Gasteiger partial charge in [0.05, 0.1) is 29.0 Å². The lowest BCUT2D eigenvalue weighted by molar-refractivity contribution is 0.0959. The van der Waals surface area contributed by atoms with Crippen LogP contribution in [0.4, 0.5) is 11.4 Å². The number of rotatable bonds is 2. The van der Waals surface area contributed by atoms with Crippen LogP contribution >= 0.6 is 0 Å². The van der Waals surface area contributed by atoms with Crippen molar-refractivity contribution in [2.75, 3.05) is 5.32 Å². The van der Waals surface area contributed by atoms with Crippen LogP contribution in [0.5, 0.6) is 0 Å². The van der Waals surface area contributed by atoms with Crippen molar-refractivity contribution in [3.05, 3.63) is 53.7 Å². The number of aromatic nitrogens is 2. The molecule has 0 bridgehead atoms. The van der Waals surface area contributed by atoms with Crippen molar-refractivity contribution in [2.24, 2.45) is 7.05 Å². The molecule has 0 radical (unpaired) electrons. The molecule has 2 N–H and O–H groups in total. The summed E-state index contributed by atoms with van der Waals surface area (Å²) in [6.07, 6.45) is 1.84. The van der Waals surface area contributed by atoms with E-state index in [1.807, 2.05) is 61.2 Å². The third kappa shape index (κ3) is 1.86. The minimum atomic E-state index is -0.0203. The van der Waals surface area contributed by atoms with Gasteiger partial charge in [0.25, 0.3) is 5.91 Å². The highest BCUT2D eigenvalue weighted by Crippen LogP contribution is 2.32. The Balaban J connectivity index is 1.76. The van der Waals surface area contributed by atoms with Gasteiger partial charge in [-0.05, 0) is 36.8 Å². The van der Waals surface area contributed by atoms with Crippen molar-refractivity contribution in [3.63, 3.8) is 0 Å². The maximum absolute atomic E-state index is 12.1. The van der Waals surface area contributed by atoms with Gasteiger partial charge in [-0.15, -0.1) is 0 Å². The Morgan fingerprint density at radius 2 is 2.14 bits per heavy atom. The number of carbonyl (C=O) groups is 1. The maximum Gasteiger partial charge on any atom is 0.254 e. The SMILES string of the molecule is CC1NC(=O)c2c(Nc3ccc4c(cnn4C)c3)cccc21. The molecule has 5 nitrogen and oxygen atoms in total. The van der Waals surface area contributed by atoms with Crippen LogP contribution in [-0.4, -0.2) is 15.7 Å². The zero-order chi connectivity index (χ0) is 15.3. The highest BCUT2D eigenvalue weighted by molar-refractivity contribution is 6.04. The summed E-state index contributed by atoms with van der Waals surface area (Å²) in [5.74, 6) is -0.0203. The first-order chi connectivity index (χ1) is 10.6. The molecule has 0 saturated heterocycles. The predicted molar refractivity (Wildman–Crippen MR) is 86.3 cm³/mol. The number of nitrogens with zero attached hydrogens (tertiary/aromatic N) is 2. The van der Waals surface area contributed by atoms with Crippen molar-refractivity contribution in [1.82, 2.24) is 15.1 Å². The van der Waals surface area contributed by atoms with Gasteiger partial charge in [0.1, 0.15) is 0 Å². The number of hydrogen-bond donors (Lipinski definition) is 2. The number of amides is 1. The lowest BCUT2D eigenvalue weighted by atomic mass is 10.0. The minimum Gasteiger partial charge on any atom is -0.355 e. The quantitative estimate of drug-likeness (QED) is 0.763. The molecule has 1 aromatic heterocycles. The molecule has 0 aliphatic carbocycles. The molecule has 1 atom stereocenters. The first kappa shape index (κ1) is 12.9. The fourth-order valence-electron chi connectivity index (χ4n) is 3.03. The Morgan fingerprint density at radius 1 is 1.27 bits per heavy atom. The zero-order valence-electron chi connectivity index (χ0n) is 12.4. The largest absolute Gasteiger partial charge is 0.355 e. The molecule has 3 aromatic rings. The first-order valence-electron chi connectivity index (χ1n) is 7.26. The second kappa shape index (κ2) is 4.59. The fraction of sp³-hybridized carbons (Fsp3) is 0.176. The Hall–Kier alpha value is -2.82. The summed E-state index contributed by atoms with van der Waals surface area (Å²) in [6, 6.07) is 12.0. The summed E-state index contributed by atoms with van der Waals surface area (Å²) in [6.45, 7) is 2.00. The van der Waals surface area contributed by atoms with Crippen LogP contribution in [-0.2, 0) is 7.05 Å². The number of aryl methyl sites for hydroxylation is 1. The van der Waals surface area contributed by atoms with E-state index in [1.54, 1.807) is 0 Å². The lowest BCUT2D eigenvalue weighted by Crippen LogP contribution is -2.16. The van der Waals surface area contributed by atoms with Crippen LogP contribution in [0.1, 0.15) is 28.9 Å². The van der Waals surface area contributed by atoms with Crippen molar-refractivity contribution in [1.29, 1.82) is 0 Å². The van der Waals surface area contributed by atoms with E-state index < -0.39 is 0 Å². The van der Waals surface area contributed by atoms with Crippen LogP contribution in [0.2, 0.25) is 0 Å². The Kier molecular flexibility index (Phi) is 2.69. The average molecular weight is 292 g/mol. The van der Waals surface area contributed by atoms with Gasteiger partial charge in [-0.3, -0.25) is 9.48 Å². The third-order valence-electron chi connectivity index (χ3n) is 4.16. The molecule has 4 rings (SSSR count). The standard InChI is InChI=1S/C17H16N4O/c1-10-13-4-3-5-14(16(13)17(22)19-10)20-12-6-7-15-11(8-12)9-18-21(15)2/h3-10,20H,1-2H3,(H,19,22). The van der Waals surface area contributed by atoms with E-state index in [0.717, 1.165) is 33.4 Å². The van der Waals surface area contributed by atoms with E-state index >= 15 is 0 Å². The number of anilines is 2. The first-order valence-corrected chi connectivity index (χ1v) is 7.26. The highest BCUT2D eigenvalue weighted by Gasteiger charge is 2.27. The highest BCUT2D eigenvalue weighted by atomic mass is 16.2. The van der Waals surface area contributed by atoms with Gasteiger partial charge in [0.15, 0.2) is 0 Å². The smallest absolute Gasteiger partial charge is 0.254 e. The summed E-state index contributed by atoms with van der Waals surface area (Å²) in [4.78, 5) is 12.1. The van der Waals surface area contributed by atoms with Gasteiger partial charge in [0, 0.05) is 18.1 Å². The molecule has 110 valence electrons. The summed E-state index contributed by atoms with van der Waals surface area (Å²) in [5.41, 5.74) is 4.64. The number of nitrogens with one attached hydrogen (secondary N) is 2. The average Bonchev–Trinajstić information content (AvgIpc) is 3.01. The van der Waals surface area contributed by atoms with Crippen LogP contribution < -0.4 is 10.6 Å². The molecular formula is C17H16N4O. The Labute approximate surface area is 127 Å². The third-order valence-corrected chi connectivity index (χ3v) is 4.16. The number of carbonyl (C=O) groups excluding carboxylic acids is 1. The van der Waals surface area contributed by atoms with E-state index in [0.29, 0.717) is 0 Å². The zero-order valence-corrected chi connectivity index (χ0v) is 12.4. The molecule has 0 saturated carbocycles. The summed E-state index contributed by atoms with van der Waals surface area (Å²) in [7, 11) is 1.92. The van der Waals surface area contributed by atoms with E-state index in [4.69, 9.17) is 0 Å². The topological polar surface area (TPSA) is 59.0 Å². The van der Waals surface area contributed by atoms with Crippen LogP contribution in [0.15, 0.2) is 42.6 Å². The van der Waals surface area contributed by atoms with Crippen LogP contribution in [0.25, 0.3) is 10.9 Å². The summed E-state index contributed by atoms with van der Waals surface area (Å²) in [5, 5.41) is 11.6. The minimum absolute atomic E-state index is 0.0203. The van der Waals surface area contributed by atoms with Crippen molar-refractivity contribution >= 4 is 28.2 Å². The number of hydrogen-bond acceptors (Lipinski definition) is 3. The van der Waals surface area contributed by atoms with E-state index in [-0.39, 0.29) is 11.9 Å². The Morgan fingerprint density at radius 3 is 3.00 bits per heavy atom. The predicted octanol–water partition coefficient (Wildman–Crippen LogP) is 3.12. The molecule has 1 aliphatic heterocycles. The van der Waals surface area contributed by atoms with Gasteiger partial charge >= 0.3 is 0 Å². The van der Waals surface area contributed by atoms with E-state index in [1.165, 1.54) is 0 Å². The normalized spacial score (nSPS) is 16.6. The second-order valence-electron chi connectivity index (χ2n) is 5.63. The monoisotopic (exact) mass is 292 g/mol. The molecule has 22 heavy (non-hydrogen) atoms. The molecule has 1 amide bonds. The molecular weight excluding hydrogens is 276 g/mol. The second-order valence-corrected chi connectivity index (χ2v) is 5.63. The maximum atomic E-state index is 12.1. The van der Waals surface area contributed by atoms with Crippen LogP contribution in [0.3, 0.4) is 0 Å². The van der Waals surface area contributed by atoms with Crippen molar-refractivity contribution in [2.45, 2.75) is 13.0 Å². The van der Waals surface area contributed by atoms with E-state index in [9.17, 15) is 4.79 Å². The molecule has 0 fully saturated rings. The Bertz CT molecular complexity index is 897. The van der Waals surface area contributed by atoms with E-state index in [2.05, 4.69) is 15.7 Å². The number of benzene rings is 2. The van der Waals surface area contributed by atoms with Gasteiger partial charge in [-0.25, -0.2) is 0 Å². The number of fused-ring (bicyclic) bond motifs is 2. The van der Waals surface area contributed by atoms with Crippen molar-refractivity contribution < 1.29 is 4.79 Å². The summed E-state index contributed by atoms with van der Waals surface area (Å²) >= 11 is 0. The van der Waals surface area contributed by atoms with Gasteiger partial charge < -0.3 is 10.6 Å². The molecule has 1 aliphatic rings. The molecule has 2 heterocycles. The summed E-state index contributed by atoms with van der Waals surface area (Å²) < 4.78 is 1.84. The lowest BCUT2D eigenvalue weighted by Gasteiger charge is -2.10. The van der Waals surface area contributed by atoms with Gasteiger partial charge in [-0.1, -0.05) is 12.1 Å². The molecule has 0 spiro atoms. The van der Waals surface area contributed by atoms with Gasteiger partial charge in [0.2, 0.25) is 0 Å². The van der Waals surface area contributed by atoms with Crippen LogP contribution in [0, 0.1) is 0 Å². The van der Waals surface area contributed by atoms with Crippen molar-refractivity contribution in [3.8, 4) is 0 Å².